The van der Waals surface area contributed by atoms with E-state index < -0.39 is 0 Å². The van der Waals surface area contributed by atoms with Crippen LogP contribution in [0, 0.1) is 0 Å². The lowest BCUT2D eigenvalue weighted by Gasteiger charge is -2.24. The maximum atomic E-state index is 12.1. The SMILES string of the molecule is COc1ccc([C@@H](C)N(C)Cc2nc3c(cnn3C)c(=O)[nH]2)cc1. The third kappa shape index (κ3) is 3.03. The molecule has 1 N–H and O–H groups in total. The Kier molecular flexibility index (Phi) is 4.35. The van der Waals surface area contributed by atoms with Crippen molar-refractivity contribution in [3.63, 3.8) is 0 Å². The van der Waals surface area contributed by atoms with E-state index >= 15 is 0 Å². The summed E-state index contributed by atoms with van der Waals surface area (Å²) in [5.41, 5.74) is 1.61. The molecule has 0 aliphatic heterocycles. The van der Waals surface area contributed by atoms with Gasteiger partial charge in [0.15, 0.2) is 5.65 Å². The zero-order chi connectivity index (χ0) is 17.3. The van der Waals surface area contributed by atoms with E-state index in [2.05, 4.69) is 26.9 Å². The van der Waals surface area contributed by atoms with Gasteiger partial charge in [0.25, 0.3) is 5.56 Å². The molecule has 7 heteroatoms. The quantitative estimate of drug-likeness (QED) is 0.774. The molecule has 0 aliphatic carbocycles. The second kappa shape index (κ2) is 6.45. The number of ether oxygens (including phenoxy) is 1. The van der Waals surface area contributed by atoms with Crippen molar-refractivity contribution in [1.29, 1.82) is 0 Å². The van der Waals surface area contributed by atoms with E-state index in [-0.39, 0.29) is 11.6 Å². The van der Waals surface area contributed by atoms with Crippen LogP contribution < -0.4 is 10.3 Å². The summed E-state index contributed by atoms with van der Waals surface area (Å²) >= 11 is 0. The Labute approximate surface area is 139 Å². The summed E-state index contributed by atoms with van der Waals surface area (Å²) in [6, 6.07) is 8.15. The number of H-pyrrole nitrogens is 1. The second-order valence-corrected chi connectivity index (χ2v) is 5.88. The minimum absolute atomic E-state index is 0.159. The van der Waals surface area contributed by atoms with E-state index in [0.717, 1.165) is 5.75 Å². The Morgan fingerprint density at radius 1 is 1.33 bits per heavy atom. The molecule has 0 radical (unpaired) electrons. The Hall–Kier alpha value is -2.67. The second-order valence-electron chi connectivity index (χ2n) is 5.88. The number of hydrogen-bond acceptors (Lipinski definition) is 5. The van der Waals surface area contributed by atoms with Crippen LogP contribution in [0.4, 0.5) is 0 Å². The molecule has 0 bridgehead atoms. The Morgan fingerprint density at radius 3 is 2.71 bits per heavy atom. The van der Waals surface area contributed by atoms with Gasteiger partial charge in [-0.3, -0.25) is 14.4 Å². The smallest absolute Gasteiger partial charge is 0.262 e. The van der Waals surface area contributed by atoms with Gasteiger partial charge in [0.1, 0.15) is 17.0 Å². The van der Waals surface area contributed by atoms with Gasteiger partial charge < -0.3 is 9.72 Å². The summed E-state index contributed by atoms with van der Waals surface area (Å²) in [4.78, 5) is 21.6. The summed E-state index contributed by atoms with van der Waals surface area (Å²) in [6.07, 6.45) is 1.54. The normalized spacial score (nSPS) is 12.7. The monoisotopic (exact) mass is 327 g/mol. The molecule has 1 aromatic carbocycles. The van der Waals surface area contributed by atoms with Crippen molar-refractivity contribution in [2.24, 2.45) is 7.05 Å². The number of nitrogens with zero attached hydrogens (tertiary/aromatic N) is 4. The summed E-state index contributed by atoms with van der Waals surface area (Å²) in [6.45, 7) is 2.64. The van der Waals surface area contributed by atoms with Crippen molar-refractivity contribution in [2.75, 3.05) is 14.2 Å². The highest BCUT2D eigenvalue weighted by Gasteiger charge is 2.15. The first-order valence-electron chi connectivity index (χ1n) is 7.74. The fourth-order valence-electron chi connectivity index (χ4n) is 2.66. The van der Waals surface area contributed by atoms with Crippen LogP contribution in [0.2, 0.25) is 0 Å². The van der Waals surface area contributed by atoms with E-state index in [0.29, 0.717) is 23.4 Å². The number of aromatic amines is 1. The number of fused-ring (bicyclic) bond motifs is 1. The third-order valence-corrected chi connectivity index (χ3v) is 4.31. The van der Waals surface area contributed by atoms with Crippen LogP contribution in [0.15, 0.2) is 35.3 Å². The number of nitrogens with one attached hydrogen (secondary N) is 1. The van der Waals surface area contributed by atoms with E-state index in [4.69, 9.17) is 4.74 Å². The standard InChI is InChI=1S/C17H21N5O2/c1-11(12-5-7-13(24-4)8-6-12)21(2)10-15-19-16-14(17(23)20-15)9-18-22(16)3/h5-9,11H,10H2,1-4H3,(H,19,20,23)/t11-/m1/s1. The molecule has 0 unspecified atom stereocenters. The molecule has 0 saturated carbocycles. The molecule has 2 aromatic heterocycles. The Balaban J connectivity index is 1.81. The molecule has 3 rings (SSSR count). The number of hydrogen-bond donors (Lipinski definition) is 1. The highest BCUT2D eigenvalue weighted by molar-refractivity contribution is 5.72. The largest absolute Gasteiger partial charge is 0.497 e. The number of aromatic nitrogens is 4. The Bertz CT molecular complexity index is 897. The predicted molar refractivity (Wildman–Crippen MR) is 92.0 cm³/mol. The van der Waals surface area contributed by atoms with Crippen molar-refractivity contribution in [3.8, 4) is 5.75 Å². The summed E-state index contributed by atoms with van der Waals surface area (Å²) in [7, 11) is 5.44. The van der Waals surface area contributed by atoms with Crippen molar-refractivity contribution in [3.05, 3.63) is 52.2 Å². The van der Waals surface area contributed by atoms with E-state index in [1.807, 2.05) is 31.3 Å². The lowest BCUT2D eigenvalue weighted by atomic mass is 10.1. The van der Waals surface area contributed by atoms with Gasteiger partial charge in [-0.1, -0.05) is 12.1 Å². The van der Waals surface area contributed by atoms with Crippen LogP contribution in [0.1, 0.15) is 24.4 Å². The molecule has 1 atom stereocenters. The maximum absolute atomic E-state index is 12.1. The van der Waals surface area contributed by atoms with Gasteiger partial charge in [0, 0.05) is 13.1 Å². The average molecular weight is 327 g/mol. The number of aryl methyl sites for hydroxylation is 1. The Morgan fingerprint density at radius 2 is 2.04 bits per heavy atom. The van der Waals surface area contributed by atoms with Crippen LogP contribution in [0.25, 0.3) is 11.0 Å². The molecule has 0 saturated heterocycles. The molecule has 126 valence electrons. The first kappa shape index (κ1) is 16.2. The number of benzene rings is 1. The maximum Gasteiger partial charge on any atom is 0.262 e. The van der Waals surface area contributed by atoms with Gasteiger partial charge in [0.05, 0.1) is 19.9 Å². The first-order chi connectivity index (χ1) is 11.5. The van der Waals surface area contributed by atoms with Crippen LogP contribution in [-0.2, 0) is 13.6 Å². The summed E-state index contributed by atoms with van der Waals surface area (Å²) in [5, 5.41) is 4.59. The van der Waals surface area contributed by atoms with Crippen LogP contribution in [-0.4, -0.2) is 38.8 Å². The van der Waals surface area contributed by atoms with Crippen molar-refractivity contribution in [2.45, 2.75) is 19.5 Å². The van der Waals surface area contributed by atoms with E-state index in [1.165, 1.54) is 11.8 Å². The van der Waals surface area contributed by atoms with Gasteiger partial charge in [-0.05, 0) is 31.7 Å². The predicted octanol–water partition coefficient (Wildman–Crippen LogP) is 1.86. The lowest BCUT2D eigenvalue weighted by molar-refractivity contribution is 0.246. The lowest BCUT2D eigenvalue weighted by Crippen LogP contribution is -2.25. The minimum atomic E-state index is -0.159. The zero-order valence-electron chi connectivity index (χ0n) is 14.3. The molecule has 0 amide bonds. The van der Waals surface area contributed by atoms with Gasteiger partial charge in [-0.15, -0.1) is 0 Å². The molecule has 24 heavy (non-hydrogen) atoms. The highest BCUT2D eigenvalue weighted by atomic mass is 16.5. The fourth-order valence-corrected chi connectivity index (χ4v) is 2.66. The van der Waals surface area contributed by atoms with Crippen molar-refractivity contribution >= 4 is 11.0 Å². The molecule has 0 aliphatic rings. The van der Waals surface area contributed by atoms with Gasteiger partial charge in [0.2, 0.25) is 0 Å². The van der Waals surface area contributed by atoms with Gasteiger partial charge in [-0.25, -0.2) is 4.98 Å². The van der Waals surface area contributed by atoms with Gasteiger partial charge in [-0.2, -0.15) is 5.10 Å². The van der Waals surface area contributed by atoms with Crippen LogP contribution >= 0.6 is 0 Å². The van der Waals surface area contributed by atoms with Gasteiger partial charge >= 0.3 is 0 Å². The minimum Gasteiger partial charge on any atom is -0.497 e. The summed E-state index contributed by atoms with van der Waals surface area (Å²) in [5.74, 6) is 1.46. The zero-order valence-corrected chi connectivity index (χ0v) is 14.3. The molecule has 7 nitrogen and oxygen atoms in total. The van der Waals surface area contributed by atoms with Crippen LogP contribution in [0.3, 0.4) is 0 Å². The van der Waals surface area contributed by atoms with E-state index in [9.17, 15) is 4.79 Å². The molecule has 0 spiro atoms. The first-order valence-corrected chi connectivity index (χ1v) is 7.74. The third-order valence-electron chi connectivity index (χ3n) is 4.31. The molecular weight excluding hydrogens is 306 g/mol. The molecule has 3 aromatic rings. The summed E-state index contributed by atoms with van der Waals surface area (Å²) < 4.78 is 6.80. The number of rotatable bonds is 5. The highest BCUT2D eigenvalue weighted by Crippen LogP contribution is 2.22. The molecule has 2 heterocycles. The molecule has 0 fully saturated rings. The number of methoxy groups -OCH3 is 1. The van der Waals surface area contributed by atoms with E-state index in [1.54, 1.807) is 18.8 Å². The van der Waals surface area contributed by atoms with Crippen molar-refractivity contribution < 1.29 is 4.74 Å². The van der Waals surface area contributed by atoms with Crippen LogP contribution in [0.5, 0.6) is 5.75 Å². The topological polar surface area (TPSA) is 76.0 Å². The fraction of sp³-hybridized carbons (Fsp3) is 0.353. The molecular formula is C17H21N5O2. The average Bonchev–Trinajstić information content (AvgIpc) is 2.96. The van der Waals surface area contributed by atoms with Crippen molar-refractivity contribution in [1.82, 2.24) is 24.6 Å².